The van der Waals surface area contributed by atoms with Crippen molar-refractivity contribution in [3.63, 3.8) is 0 Å². The number of carbonyl (C=O) groups is 2. The predicted octanol–water partition coefficient (Wildman–Crippen LogP) is 2.96. The van der Waals surface area contributed by atoms with Gasteiger partial charge in [0.15, 0.2) is 12.7 Å². The van der Waals surface area contributed by atoms with E-state index in [-0.39, 0.29) is 6.61 Å². The first kappa shape index (κ1) is 19.8. The molecule has 0 bridgehead atoms. The first-order chi connectivity index (χ1) is 12.3. The monoisotopic (exact) mass is 358 g/mol. The molecule has 1 aliphatic carbocycles. The molecule has 1 saturated carbocycles. The SMILES string of the molecule is Cc1ccc(OCC(=O)O[C@H](C)C(=O)NC2(C#N)CCCCC2)cc1C. The van der Waals surface area contributed by atoms with Gasteiger partial charge in [0.1, 0.15) is 11.3 Å². The third kappa shape index (κ3) is 5.22. The Hall–Kier alpha value is -2.55. The van der Waals surface area contributed by atoms with Gasteiger partial charge in [-0.25, -0.2) is 4.79 Å². The Labute approximate surface area is 154 Å². The van der Waals surface area contributed by atoms with E-state index < -0.39 is 23.5 Å². The van der Waals surface area contributed by atoms with Gasteiger partial charge in [-0.3, -0.25) is 4.79 Å². The van der Waals surface area contributed by atoms with E-state index in [1.165, 1.54) is 6.92 Å². The number of hydrogen-bond donors (Lipinski definition) is 1. The van der Waals surface area contributed by atoms with Gasteiger partial charge in [0.2, 0.25) is 0 Å². The second kappa shape index (κ2) is 8.70. The van der Waals surface area contributed by atoms with Crippen LogP contribution in [0.15, 0.2) is 18.2 Å². The lowest BCUT2D eigenvalue weighted by Crippen LogP contribution is -2.52. The van der Waals surface area contributed by atoms with E-state index in [0.717, 1.165) is 30.4 Å². The molecule has 1 aromatic carbocycles. The summed E-state index contributed by atoms with van der Waals surface area (Å²) in [5.41, 5.74) is 1.36. The molecule has 0 spiro atoms. The van der Waals surface area contributed by atoms with Crippen LogP contribution in [0.25, 0.3) is 0 Å². The molecular weight excluding hydrogens is 332 g/mol. The van der Waals surface area contributed by atoms with E-state index in [1.54, 1.807) is 6.07 Å². The summed E-state index contributed by atoms with van der Waals surface area (Å²) in [4.78, 5) is 24.2. The molecule has 0 aromatic heterocycles. The Kier molecular flexibility index (Phi) is 6.62. The fourth-order valence-electron chi connectivity index (χ4n) is 2.99. The van der Waals surface area contributed by atoms with Crippen LogP contribution in [0.4, 0.5) is 0 Å². The normalized spacial score (nSPS) is 16.8. The van der Waals surface area contributed by atoms with Gasteiger partial charge in [0.05, 0.1) is 6.07 Å². The molecule has 0 unspecified atom stereocenters. The third-order valence-corrected chi connectivity index (χ3v) is 4.80. The molecule has 6 heteroatoms. The molecule has 0 saturated heterocycles. The molecule has 6 nitrogen and oxygen atoms in total. The van der Waals surface area contributed by atoms with E-state index in [9.17, 15) is 14.9 Å². The van der Waals surface area contributed by atoms with Crippen molar-refractivity contribution in [2.24, 2.45) is 0 Å². The highest BCUT2D eigenvalue weighted by Crippen LogP contribution is 2.27. The Bertz CT molecular complexity index is 702. The maximum absolute atomic E-state index is 12.3. The Balaban J connectivity index is 1.82. The van der Waals surface area contributed by atoms with Crippen LogP contribution in [0.3, 0.4) is 0 Å². The van der Waals surface area contributed by atoms with Gasteiger partial charge in [0, 0.05) is 0 Å². The largest absolute Gasteiger partial charge is 0.482 e. The molecule has 2 rings (SSSR count). The summed E-state index contributed by atoms with van der Waals surface area (Å²) >= 11 is 0. The third-order valence-electron chi connectivity index (χ3n) is 4.80. The number of benzene rings is 1. The molecule has 1 aromatic rings. The average molecular weight is 358 g/mol. The molecule has 140 valence electrons. The number of hydrogen-bond acceptors (Lipinski definition) is 5. The van der Waals surface area contributed by atoms with Gasteiger partial charge >= 0.3 is 5.97 Å². The summed E-state index contributed by atoms with van der Waals surface area (Å²) in [6.45, 7) is 5.18. The molecule has 0 radical (unpaired) electrons. The van der Waals surface area contributed by atoms with E-state index in [4.69, 9.17) is 9.47 Å². The van der Waals surface area contributed by atoms with Crippen molar-refractivity contribution in [3.05, 3.63) is 29.3 Å². The second-order valence-electron chi connectivity index (χ2n) is 6.91. The van der Waals surface area contributed by atoms with Gasteiger partial charge in [-0.1, -0.05) is 25.3 Å². The number of amides is 1. The summed E-state index contributed by atoms with van der Waals surface area (Å²) in [7, 11) is 0. The molecule has 1 aliphatic rings. The topological polar surface area (TPSA) is 88.4 Å². The van der Waals surface area contributed by atoms with E-state index >= 15 is 0 Å². The Morgan fingerprint density at radius 1 is 1.23 bits per heavy atom. The standard InChI is InChI=1S/C20H26N2O4/c1-14-7-8-17(11-15(14)2)25-12-18(23)26-16(3)19(24)22-20(13-21)9-5-4-6-10-20/h7-8,11,16H,4-6,9-10,12H2,1-3H3,(H,22,24)/t16-/m1/s1. The van der Waals surface area contributed by atoms with Crippen LogP contribution in [0.2, 0.25) is 0 Å². The highest BCUT2D eigenvalue weighted by Gasteiger charge is 2.35. The Morgan fingerprint density at radius 3 is 2.54 bits per heavy atom. The number of carbonyl (C=O) groups excluding carboxylic acids is 2. The van der Waals surface area contributed by atoms with Gasteiger partial charge < -0.3 is 14.8 Å². The fourth-order valence-corrected chi connectivity index (χ4v) is 2.99. The lowest BCUT2D eigenvalue weighted by molar-refractivity contribution is -0.157. The first-order valence-electron chi connectivity index (χ1n) is 8.98. The molecular formula is C20H26N2O4. The van der Waals surface area contributed by atoms with Crippen molar-refractivity contribution in [2.45, 2.75) is 64.5 Å². The van der Waals surface area contributed by atoms with Crippen LogP contribution in [-0.4, -0.2) is 30.1 Å². The minimum atomic E-state index is -0.974. The molecule has 0 aliphatic heterocycles. The first-order valence-corrected chi connectivity index (χ1v) is 8.98. The maximum atomic E-state index is 12.3. The van der Waals surface area contributed by atoms with E-state index in [2.05, 4.69) is 11.4 Å². The van der Waals surface area contributed by atoms with E-state index in [0.29, 0.717) is 18.6 Å². The lowest BCUT2D eigenvalue weighted by Gasteiger charge is -2.32. The smallest absolute Gasteiger partial charge is 0.344 e. The summed E-state index contributed by atoms with van der Waals surface area (Å²) in [5.74, 6) is -0.499. The van der Waals surface area contributed by atoms with Crippen LogP contribution >= 0.6 is 0 Å². The molecule has 1 fully saturated rings. The van der Waals surface area contributed by atoms with Crippen LogP contribution in [0.5, 0.6) is 5.75 Å². The van der Waals surface area contributed by atoms with Crippen molar-refractivity contribution in [2.75, 3.05) is 6.61 Å². The molecule has 1 atom stereocenters. The average Bonchev–Trinajstić information content (AvgIpc) is 2.63. The number of ether oxygens (including phenoxy) is 2. The number of nitriles is 1. The number of nitrogens with one attached hydrogen (secondary N) is 1. The van der Waals surface area contributed by atoms with Gasteiger partial charge in [0.25, 0.3) is 5.91 Å². The van der Waals surface area contributed by atoms with E-state index in [1.807, 2.05) is 26.0 Å². The number of esters is 1. The fraction of sp³-hybridized carbons (Fsp3) is 0.550. The number of rotatable bonds is 6. The van der Waals surface area contributed by atoms with Crippen molar-refractivity contribution >= 4 is 11.9 Å². The van der Waals surface area contributed by atoms with Crippen LogP contribution < -0.4 is 10.1 Å². The highest BCUT2D eigenvalue weighted by molar-refractivity contribution is 5.84. The van der Waals surface area contributed by atoms with Crippen LogP contribution in [0, 0.1) is 25.2 Å². The van der Waals surface area contributed by atoms with Gasteiger partial charge in [-0.05, 0) is 56.9 Å². The number of aryl methyl sites for hydroxylation is 2. The second-order valence-corrected chi connectivity index (χ2v) is 6.91. The van der Waals surface area contributed by atoms with Crippen LogP contribution in [0.1, 0.15) is 50.2 Å². The van der Waals surface area contributed by atoms with Crippen molar-refractivity contribution in [1.29, 1.82) is 5.26 Å². The zero-order valence-electron chi connectivity index (χ0n) is 15.6. The molecule has 1 N–H and O–H groups in total. The van der Waals surface area contributed by atoms with Gasteiger partial charge in [-0.15, -0.1) is 0 Å². The van der Waals surface area contributed by atoms with Crippen molar-refractivity contribution in [1.82, 2.24) is 5.32 Å². The summed E-state index contributed by atoms with van der Waals surface area (Å²) in [6.07, 6.45) is 3.17. The zero-order chi connectivity index (χ0) is 19.2. The summed E-state index contributed by atoms with van der Waals surface area (Å²) < 4.78 is 10.6. The van der Waals surface area contributed by atoms with Crippen molar-refractivity contribution in [3.8, 4) is 11.8 Å². The van der Waals surface area contributed by atoms with Crippen LogP contribution in [-0.2, 0) is 14.3 Å². The Morgan fingerprint density at radius 2 is 1.92 bits per heavy atom. The minimum absolute atomic E-state index is 0.274. The quantitative estimate of drug-likeness (QED) is 0.790. The maximum Gasteiger partial charge on any atom is 0.344 e. The molecule has 26 heavy (non-hydrogen) atoms. The highest BCUT2D eigenvalue weighted by atomic mass is 16.6. The summed E-state index contributed by atoms with van der Waals surface area (Å²) in [5, 5.41) is 12.2. The molecule has 0 heterocycles. The summed E-state index contributed by atoms with van der Waals surface area (Å²) in [6, 6.07) is 7.76. The van der Waals surface area contributed by atoms with Crippen molar-refractivity contribution < 1.29 is 19.1 Å². The zero-order valence-corrected chi connectivity index (χ0v) is 15.6. The lowest BCUT2D eigenvalue weighted by atomic mass is 9.83. The predicted molar refractivity (Wildman–Crippen MR) is 96.5 cm³/mol. The van der Waals surface area contributed by atoms with Gasteiger partial charge in [-0.2, -0.15) is 5.26 Å². The molecule has 1 amide bonds. The number of nitrogens with zero attached hydrogens (tertiary/aromatic N) is 1. The minimum Gasteiger partial charge on any atom is -0.482 e.